The quantitative estimate of drug-likeness (QED) is 0.396. The van der Waals surface area contributed by atoms with Crippen LogP contribution in [0.1, 0.15) is 36.8 Å². The molecule has 0 fully saturated rings. The molecule has 1 amide bonds. The summed E-state index contributed by atoms with van der Waals surface area (Å²) in [5.74, 6) is -2.55. The Kier molecular flexibility index (Phi) is 9.89. The smallest absolute Gasteiger partial charge is 0.309 e. The van der Waals surface area contributed by atoms with Crippen LogP contribution in [0.3, 0.4) is 0 Å². The number of aliphatic carboxylic acids is 1. The summed E-state index contributed by atoms with van der Waals surface area (Å²) in [6, 6.07) is 19.6. The maximum atomic E-state index is 12.4. The van der Waals surface area contributed by atoms with Crippen LogP contribution in [0.4, 0.5) is 0 Å². The predicted octanol–water partition coefficient (Wildman–Crippen LogP) is 3.75. The Morgan fingerprint density at radius 1 is 0.931 bits per heavy atom. The molecule has 2 aromatic carbocycles. The standard InChI is InChI=1S/C23H29NO5/c1-28-21(22(25)24-29-17-19-14-8-3-9-15-19)20(23(26)27)16-10-4-7-13-18-11-5-2-6-12-18/h2-3,5-6,8-9,11-12,14-15,20-21H,4,7,10,13,16-17H2,1H3,(H,24,25)(H,26,27)/t20?,21-/m0/s1. The van der Waals surface area contributed by atoms with Crippen molar-refractivity contribution in [1.29, 1.82) is 0 Å². The molecule has 6 heteroatoms. The predicted molar refractivity (Wildman–Crippen MR) is 110 cm³/mol. The lowest BCUT2D eigenvalue weighted by molar-refractivity contribution is -0.159. The van der Waals surface area contributed by atoms with E-state index in [0.717, 1.165) is 24.8 Å². The first kappa shape index (κ1) is 22.6. The van der Waals surface area contributed by atoms with Gasteiger partial charge in [0.15, 0.2) is 6.10 Å². The fourth-order valence-electron chi connectivity index (χ4n) is 3.20. The number of hydrogen-bond donors (Lipinski definition) is 2. The van der Waals surface area contributed by atoms with Gasteiger partial charge < -0.3 is 9.84 Å². The fraction of sp³-hybridized carbons (Fsp3) is 0.391. The second kappa shape index (κ2) is 12.7. The minimum atomic E-state index is -1.10. The Balaban J connectivity index is 1.76. The lowest BCUT2D eigenvalue weighted by Crippen LogP contribution is -2.43. The Labute approximate surface area is 171 Å². The molecule has 0 heterocycles. The normalized spacial score (nSPS) is 12.9. The Hall–Kier alpha value is -2.70. The molecule has 0 saturated carbocycles. The summed E-state index contributed by atoms with van der Waals surface area (Å²) < 4.78 is 5.19. The number of amides is 1. The number of hydrogen-bond acceptors (Lipinski definition) is 4. The molecular formula is C23H29NO5. The molecule has 29 heavy (non-hydrogen) atoms. The highest BCUT2D eigenvalue weighted by atomic mass is 16.7. The van der Waals surface area contributed by atoms with Crippen molar-refractivity contribution in [1.82, 2.24) is 5.48 Å². The molecule has 0 aliphatic heterocycles. The van der Waals surface area contributed by atoms with E-state index in [2.05, 4.69) is 17.6 Å². The number of carboxylic acid groups (broad SMARTS) is 1. The first-order chi connectivity index (χ1) is 14.1. The SMILES string of the molecule is CO[C@H](C(=O)NOCc1ccccc1)C(CCCCCc1ccccc1)C(=O)O. The van der Waals surface area contributed by atoms with E-state index in [-0.39, 0.29) is 6.61 Å². The molecule has 0 aromatic heterocycles. The summed E-state index contributed by atoms with van der Waals surface area (Å²) in [7, 11) is 1.34. The molecule has 2 aromatic rings. The van der Waals surface area contributed by atoms with Gasteiger partial charge in [0.05, 0.1) is 12.5 Å². The van der Waals surface area contributed by atoms with Crippen LogP contribution in [0.2, 0.25) is 0 Å². The monoisotopic (exact) mass is 399 g/mol. The van der Waals surface area contributed by atoms with Crippen LogP contribution >= 0.6 is 0 Å². The van der Waals surface area contributed by atoms with Crippen LogP contribution in [0.5, 0.6) is 0 Å². The molecule has 156 valence electrons. The average molecular weight is 399 g/mol. The van der Waals surface area contributed by atoms with Gasteiger partial charge in [0.2, 0.25) is 0 Å². The third-order valence-corrected chi connectivity index (χ3v) is 4.77. The molecular weight excluding hydrogens is 370 g/mol. The van der Waals surface area contributed by atoms with Gasteiger partial charge in [-0.25, -0.2) is 5.48 Å². The van der Waals surface area contributed by atoms with Crippen molar-refractivity contribution in [3.8, 4) is 0 Å². The van der Waals surface area contributed by atoms with Gasteiger partial charge in [-0.1, -0.05) is 73.5 Å². The highest BCUT2D eigenvalue weighted by Gasteiger charge is 2.33. The van der Waals surface area contributed by atoms with Crippen LogP contribution in [0.25, 0.3) is 0 Å². The summed E-state index contributed by atoms with van der Waals surface area (Å²) in [5.41, 5.74) is 4.48. The first-order valence-corrected chi connectivity index (χ1v) is 9.87. The molecule has 0 spiro atoms. The van der Waals surface area contributed by atoms with Crippen LogP contribution in [-0.4, -0.2) is 30.2 Å². The van der Waals surface area contributed by atoms with Crippen molar-refractivity contribution in [3.63, 3.8) is 0 Å². The third-order valence-electron chi connectivity index (χ3n) is 4.77. The number of unbranched alkanes of at least 4 members (excludes halogenated alkanes) is 2. The number of carbonyl (C=O) groups excluding carboxylic acids is 1. The Morgan fingerprint density at radius 2 is 1.55 bits per heavy atom. The number of benzene rings is 2. The lowest BCUT2D eigenvalue weighted by Gasteiger charge is -2.21. The molecule has 0 radical (unpaired) electrons. The van der Waals surface area contributed by atoms with Crippen LogP contribution in [0.15, 0.2) is 60.7 Å². The molecule has 0 aliphatic carbocycles. The third kappa shape index (κ3) is 8.05. The van der Waals surface area contributed by atoms with E-state index < -0.39 is 23.9 Å². The minimum Gasteiger partial charge on any atom is -0.481 e. The zero-order valence-corrected chi connectivity index (χ0v) is 16.8. The highest BCUT2D eigenvalue weighted by Crippen LogP contribution is 2.18. The van der Waals surface area contributed by atoms with Gasteiger partial charge in [-0.05, 0) is 30.4 Å². The van der Waals surface area contributed by atoms with Gasteiger partial charge in [0.1, 0.15) is 0 Å². The Bertz CT molecular complexity index is 735. The first-order valence-electron chi connectivity index (χ1n) is 9.87. The van der Waals surface area contributed by atoms with Crippen LogP contribution in [0, 0.1) is 5.92 Å². The number of nitrogens with one attached hydrogen (secondary N) is 1. The van der Waals surface area contributed by atoms with Gasteiger partial charge in [-0.3, -0.25) is 14.4 Å². The van der Waals surface area contributed by atoms with Crippen molar-refractivity contribution in [2.24, 2.45) is 5.92 Å². The van der Waals surface area contributed by atoms with Crippen molar-refractivity contribution >= 4 is 11.9 Å². The van der Waals surface area contributed by atoms with Gasteiger partial charge in [-0.2, -0.15) is 0 Å². The molecule has 0 aliphatic rings. The van der Waals surface area contributed by atoms with Gasteiger partial charge in [0, 0.05) is 7.11 Å². The summed E-state index contributed by atoms with van der Waals surface area (Å²) in [6.07, 6.45) is 2.80. The maximum absolute atomic E-state index is 12.4. The van der Waals surface area contributed by atoms with Gasteiger partial charge >= 0.3 is 5.97 Å². The number of carboxylic acids is 1. The highest BCUT2D eigenvalue weighted by molar-refractivity contribution is 5.86. The zero-order chi connectivity index (χ0) is 20.9. The van der Waals surface area contributed by atoms with E-state index in [1.54, 1.807) is 0 Å². The van der Waals surface area contributed by atoms with Crippen molar-refractivity contribution in [2.75, 3.05) is 7.11 Å². The number of methoxy groups -OCH3 is 1. The summed E-state index contributed by atoms with van der Waals surface area (Å²) in [5, 5.41) is 9.56. The second-order valence-electron chi connectivity index (χ2n) is 6.93. The topological polar surface area (TPSA) is 84.9 Å². The van der Waals surface area contributed by atoms with Crippen molar-refractivity contribution in [3.05, 3.63) is 71.8 Å². The second-order valence-corrected chi connectivity index (χ2v) is 6.93. The van der Waals surface area contributed by atoms with E-state index >= 15 is 0 Å². The largest absolute Gasteiger partial charge is 0.481 e. The summed E-state index contributed by atoms with van der Waals surface area (Å²) >= 11 is 0. The summed E-state index contributed by atoms with van der Waals surface area (Å²) in [6.45, 7) is 0.195. The number of carbonyl (C=O) groups is 2. The summed E-state index contributed by atoms with van der Waals surface area (Å²) in [4.78, 5) is 29.3. The van der Waals surface area contributed by atoms with Crippen molar-refractivity contribution < 1.29 is 24.3 Å². The van der Waals surface area contributed by atoms with Crippen LogP contribution in [-0.2, 0) is 32.2 Å². The minimum absolute atomic E-state index is 0.195. The van der Waals surface area contributed by atoms with Crippen LogP contribution < -0.4 is 5.48 Å². The molecule has 0 bridgehead atoms. The molecule has 2 N–H and O–H groups in total. The number of hydroxylamine groups is 1. The van der Waals surface area contributed by atoms with Gasteiger partial charge in [0.25, 0.3) is 5.91 Å². The maximum Gasteiger partial charge on any atom is 0.309 e. The van der Waals surface area contributed by atoms with E-state index in [0.29, 0.717) is 12.8 Å². The van der Waals surface area contributed by atoms with Gasteiger partial charge in [-0.15, -0.1) is 0 Å². The molecule has 2 atom stereocenters. The zero-order valence-electron chi connectivity index (χ0n) is 16.8. The lowest BCUT2D eigenvalue weighted by atomic mass is 9.94. The molecule has 6 nitrogen and oxygen atoms in total. The van der Waals surface area contributed by atoms with E-state index in [4.69, 9.17) is 9.57 Å². The Morgan fingerprint density at radius 3 is 2.14 bits per heavy atom. The van der Waals surface area contributed by atoms with E-state index in [1.807, 2.05) is 48.5 Å². The van der Waals surface area contributed by atoms with E-state index in [9.17, 15) is 14.7 Å². The molecule has 0 saturated heterocycles. The number of rotatable bonds is 13. The van der Waals surface area contributed by atoms with E-state index in [1.165, 1.54) is 12.7 Å². The average Bonchev–Trinajstić information content (AvgIpc) is 2.74. The fourth-order valence-corrected chi connectivity index (χ4v) is 3.20. The molecule has 1 unspecified atom stereocenters. The molecule has 2 rings (SSSR count). The number of aryl methyl sites for hydroxylation is 1. The number of ether oxygens (including phenoxy) is 1. The van der Waals surface area contributed by atoms with Crippen molar-refractivity contribution in [2.45, 2.75) is 44.8 Å².